The number of rotatable bonds is 4. The fourth-order valence-electron chi connectivity index (χ4n) is 2.31. The largest absolute Gasteiger partial charge is 0.478 e. The van der Waals surface area contributed by atoms with Gasteiger partial charge in [0.15, 0.2) is 0 Å². The van der Waals surface area contributed by atoms with Crippen LogP contribution in [0.2, 0.25) is 0 Å². The predicted molar refractivity (Wildman–Crippen MR) is 77.2 cm³/mol. The van der Waals surface area contributed by atoms with Gasteiger partial charge in [-0.1, -0.05) is 6.07 Å². The summed E-state index contributed by atoms with van der Waals surface area (Å²) in [5.41, 5.74) is 4.52. The third-order valence-corrected chi connectivity index (χ3v) is 3.91. The Kier molecular flexibility index (Phi) is 3.23. The lowest BCUT2D eigenvalue weighted by atomic mass is 10.2. The number of carboxylic acids is 1. The number of carboxylic acid groups (broad SMARTS) is 1. The topological polar surface area (TPSA) is 68.0 Å². The number of aromatic carboxylic acids is 1. The van der Waals surface area contributed by atoms with Gasteiger partial charge in [-0.25, -0.2) is 14.8 Å². The molecule has 0 saturated carbocycles. The number of nitrogens with zero attached hydrogens (tertiary/aromatic N) is 3. The van der Waals surface area contributed by atoms with Gasteiger partial charge in [0.1, 0.15) is 11.3 Å². The Bertz CT molecular complexity index is 762. The molecule has 20 heavy (non-hydrogen) atoms. The Morgan fingerprint density at radius 1 is 1.45 bits per heavy atom. The minimum Gasteiger partial charge on any atom is -0.478 e. The molecule has 2 heterocycles. The van der Waals surface area contributed by atoms with E-state index in [9.17, 15) is 9.90 Å². The zero-order valence-electron chi connectivity index (χ0n) is 10.9. The minimum absolute atomic E-state index is 0.248. The van der Waals surface area contributed by atoms with Crippen molar-refractivity contribution in [3.63, 3.8) is 0 Å². The van der Waals surface area contributed by atoms with Gasteiger partial charge < -0.3 is 9.67 Å². The molecule has 1 N–H and O–H groups in total. The molecule has 0 fully saturated rings. The fraction of sp³-hybridized carbons (Fsp3) is 0.214. The summed E-state index contributed by atoms with van der Waals surface area (Å²) in [7, 11) is 0. The number of imidazole rings is 1. The van der Waals surface area contributed by atoms with Gasteiger partial charge in [-0.15, -0.1) is 11.3 Å². The number of hydrogen-bond acceptors (Lipinski definition) is 4. The summed E-state index contributed by atoms with van der Waals surface area (Å²) in [5, 5.41) is 11.2. The molecule has 1 aromatic carbocycles. The van der Waals surface area contributed by atoms with E-state index in [-0.39, 0.29) is 5.56 Å². The molecule has 3 rings (SSSR count). The van der Waals surface area contributed by atoms with Gasteiger partial charge in [0.05, 0.1) is 22.3 Å². The number of aromatic nitrogens is 3. The molecule has 0 atom stereocenters. The van der Waals surface area contributed by atoms with Crippen molar-refractivity contribution in [1.29, 1.82) is 0 Å². The maximum absolute atomic E-state index is 11.2. The molecule has 0 saturated heterocycles. The SMILES string of the molecule is Cc1nc2c(C(=O)O)cccc2n1CCc1cscn1. The van der Waals surface area contributed by atoms with Gasteiger partial charge in [0, 0.05) is 18.3 Å². The van der Waals surface area contributed by atoms with Crippen LogP contribution in [0.4, 0.5) is 0 Å². The van der Waals surface area contributed by atoms with Crippen molar-refractivity contribution >= 4 is 28.3 Å². The number of carbonyl (C=O) groups is 1. The van der Waals surface area contributed by atoms with Crippen LogP contribution in [0.3, 0.4) is 0 Å². The van der Waals surface area contributed by atoms with Crippen molar-refractivity contribution in [2.75, 3.05) is 0 Å². The van der Waals surface area contributed by atoms with E-state index in [1.807, 2.05) is 28.4 Å². The number of aryl methyl sites for hydroxylation is 3. The third-order valence-electron chi connectivity index (χ3n) is 3.28. The molecular formula is C14H13N3O2S. The van der Waals surface area contributed by atoms with Gasteiger partial charge in [-0.2, -0.15) is 0 Å². The summed E-state index contributed by atoms with van der Waals surface area (Å²) in [6, 6.07) is 5.25. The van der Waals surface area contributed by atoms with E-state index in [1.165, 1.54) is 0 Å². The second-order valence-electron chi connectivity index (χ2n) is 4.52. The molecule has 5 nitrogen and oxygen atoms in total. The fourth-order valence-corrected chi connectivity index (χ4v) is 2.90. The number of para-hydroxylation sites is 1. The molecule has 0 amide bonds. The molecule has 3 aromatic rings. The van der Waals surface area contributed by atoms with Crippen LogP contribution in [-0.4, -0.2) is 25.6 Å². The van der Waals surface area contributed by atoms with Gasteiger partial charge in [-0.3, -0.25) is 0 Å². The minimum atomic E-state index is -0.945. The molecule has 0 unspecified atom stereocenters. The van der Waals surface area contributed by atoms with Crippen LogP contribution < -0.4 is 0 Å². The normalized spacial score (nSPS) is 11.1. The number of hydrogen-bond donors (Lipinski definition) is 1. The molecule has 6 heteroatoms. The molecule has 0 aliphatic rings. The van der Waals surface area contributed by atoms with Crippen molar-refractivity contribution in [1.82, 2.24) is 14.5 Å². The molecule has 0 aliphatic carbocycles. The molecule has 2 aromatic heterocycles. The molecular weight excluding hydrogens is 274 g/mol. The second kappa shape index (κ2) is 5.05. The lowest BCUT2D eigenvalue weighted by molar-refractivity contribution is 0.0699. The van der Waals surface area contributed by atoms with Crippen molar-refractivity contribution < 1.29 is 9.90 Å². The maximum atomic E-state index is 11.2. The molecule has 0 aliphatic heterocycles. The highest BCUT2D eigenvalue weighted by atomic mass is 32.1. The summed E-state index contributed by atoms with van der Waals surface area (Å²) in [5.74, 6) is -0.122. The van der Waals surface area contributed by atoms with Gasteiger partial charge in [0.2, 0.25) is 0 Å². The molecule has 0 bridgehead atoms. The summed E-state index contributed by atoms with van der Waals surface area (Å²) in [4.78, 5) is 19.9. The third kappa shape index (κ3) is 2.18. The lowest BCUT2D eigenvalue weighted by Gasteiger charge is -2.05. The zero-order valence-corrected chi connectivity index (χ0v) is 11.7. The van der Waals surface area contributed by atoms with E-state index in [1.54, 1.807) is 23.5 Å². The van der Waals surface area contributed by atoms with Crippen molar-refractivity contribution in [3.05, 3.63) is 46.2 Å². The molecule has 0 radical (unpaired) electrons. The maximum Gasteiger partial charge on any atom is 0.337 e. The Morgan fingerprint density at radius 2 is 2.30 bits per heavy atom. The van der Waals surface area contributed by atoms with Crippen LogP contribution in [0.1, 0.15) is 21.9 Å². The van der Waals surface area contributed by atoms with Crippen molar-refractivity contribution in [3.8, 4) is 0 Å². The van der Waals surface area contributed by atoms with E-state index in [0.29, 0.717) is 5.52 Å². The van der Waals surface area contributed by atoms with E-state index >= 15 is 0 Å². The summed E-state index contributed by atoms with van der Waals surface area (Å²) in [6.45, 7) is 2.64. The van der Waals surface area contributed by atoms with E-state index < -0.39 is 5.97 Å². The Hall–Kier alpha value is -2.21. The van der Waals surface area contributed by atoms with Crippen LogP contribution in [0.5, 0.6) is 0 Å². The standard InChI is InChI=1S/C14H13N3O2S/c1-9-16-13-11(14(18)19)3-2-4-12(13)17(9)6-5-10-7-20-8-15-10/h2-4,7-8H,5-6H2,1H3,(H,18,19). The van der Waals surface area contributed by atoms with Crippen molar-refractivity contribution in [2.24, 2.45) is 0 Å². The number of fused-ring (bicyclic) bond motifs is 1. The molecule has 0 spiro atoms. The second-order valence-corrected chi connectivity index (χ2v) is 5.24. The quantitative estimate of drug-likeness (QED) is 0.801. The van der Waals surface area contributed by atoms with Crippen molar-refractivity contribution in [2.45, 2.75) is 19.9 Å². The first kappa shape index (κ1) is 12.8. The Balaban J connectivity index is 2.00. The molecule has 102 valence electrons. The van der Waals surface area contributed by atoms with Crippen LogP contribution in [-0.2, 0) is 13.0 Å². The summed E-state index contributed by atoms with van der Waals surface area (Å²) in [6.07, 6.45) is 0.813. The number of thiazole rings is 1. The predicted octanol–water partition coefficient (Wildman–Crippen LogP) is 2.74. The Morgan fingerprint density at radius 3 is 3.00 bits per heavy atom. The highest BCUT2D eigenvalue weighted by Crippen LogP contribution is 2.20. The van der Waals surface area contributed by atoms with Crippen LogP contribution in [0, 0.1) is 6.92 Å². The monoisotopic (exact) mass is 287 g/mol. The first-order chi connectivity index (χ1) is 9.66. The first-order valence-corrected chi connectivity index (χ1v) is 7.17. The van der Waals surface area contributed by atoms with Crippen LogP contribution in [0.15, 0.2) is 29.1 Å². The summed E-state index contributed by atoms with van der Waals surface area (Å²) < 4.78 is 2.04. The average molecular weight is 287 g/mol. The van der Waals surface area contributed by atoms with Gasteiger partial charge in [0.25, 0.3) is 0 Å². The van der Waals surface area contributed by atoms with Crippen LogP contribution >= 0.6 is 11.3 Å². The highest BCUT2D eigenvalue weighted by molar-refractivity contribution is 7.07. The lowest BCUT2D eigenvalue weighted by Crippen LogP contribution is -2.04. The van der Waals surface area contributed by atoms with Crippen LogP contribution in [0.25, 0.3) is 11.0 Å². The van der Waals surface area contributed by atoms with E-state index in [4.69, 9.17) is 0 Å². The first-order valence-electron chi connectivity index (χ1n) is 6.23. The Labute approximate surface area is 119 Å². The highest BCUT2D eigenvalue weighted by Gasteiger charge is 2.14. The van der Waals surface area contributed by atoms with Gasteiger partial charge >= 0.3 is 5.97 Å². The van der Waals surface area contributed by atoms with Gasteiger partial charge in [-0.05, 0) is 19.1 Å². The summed E-state index contributed by atoms with van der Waals surface area (Å²) >= 11 is 1.58. The average Bonchev–Trinajstić information content (AvgIpc) is 3.02. The smallest absolute Gasteiger partial charge is 0.337 e. The number of benzene rings is 1. The zero-order chi connectivity index (χ0) is 14.1. The van der Waals surface area contributed by atoms with E-state index in [2.05, 4.69) is 9.97 Å². The van der Waals surface area contributed by atoms with E-state index in [0.717, 1.165) is 30.0 Å².